The van der Waals surface area contributed by atoms with Gasteiger partial charge in [0.15, 0.2) is 0 Å². The fourth-order valence-electron chi connectivity index (χ4n) is 4.26. The van der Waals surface area contributed by atoms with Gasteiger partial charge in [0.05, 0.1) is 41.3 Å². The van der Waals surface area contributed by atoms with E-state index in [4.69, 9.17) is 9.72 Å². The molecule has 10 nitrogen and oxygen atoms in total. The third-order valence-corrected chi connectivity index (χ3v) is 6.33. The summed E-state index contributed by atoms with van der Waals surface area (Å²) in [5.74, 6) is 0.122. The van der Waals surface area contributed by atoms with Crippen LogP contribution >= 0.6 is 0 Å². The van der Waals surface area contributed by atoms with Gasteiger partial charge in [0, 0.05) is 18.7 Å². The first-order valence-corrected chi connectivity index (χ1v) is 11.9. The minimum Gasteiger partial charge on any atom is -0.489 e. The highest BCUT2D eigenvalue weighted by atomic mass is 16.5. The molecule has 4 rings (SSSR count). The highest BCUT2D eigenvalue weighted by molar-refractivity contribution is 5.70. The van der Waals surface area contributed by atoms with E-state index in [9.17, 15) is 9.90 Å². The zero-order chi connectivity index (χ0) is 25.2. The first kappa shape index (κ1) is 24.6. The Labute approximate surface area is 205 Å². The molecule has 10 heteroatoms. The summed E-state index contributed by atoms with van der Waals surface area (Å²) in [5, 5.41) is 21.1. The summed E-state index contributed by atoms with van der Waals surface area (Å²) in [6.07, 6.45) is 4.58. The van der Waals surface area contributed by atoms with Crippen molar-refractivity contribution in [2.75, 3.05) is 5.32 Å². The van der Waals surface area contributed by atoms with Crippen molar-refractivity contribution >= 4 is 11.9 Å². The zero-order valence-electron chi connectivity index (χ0n) is 20.9. The van der Waals surface area contributed by atoms with Crippen LogP contribution in [0.15, 0.2) is 24.4 Å². The summed E-state index contributed by atoms with van der Waals surface area (Å²) < 4.78 is 7.85. The molecule has 0 radical (unpaired) electrons. The van der Waals surface area contributed by atoms with Gasteiger partial charge in [0.25, 0.3) is 0 Å². The molecule has 1 fully saturated rings. The fourth-order valence-corrected chi connectivity index (χ4v) is 4.26. The Morgan fingerprint density at radius 1 is 1.23 bits per heavy atom. The molecule has 0 aromatic carbocycles. The monoisotopic (exact) mass is 479 g/mol. The zero-order valence-corrected chi connectivity index (χ0v) is 20.9. The van der Waals surface area contributed by atoms with Gasteiger partial charge in [0.2, 0.25) is 5.95 Å². The standard InChI is InChI=1S/C25H33N7O3/c1-15-20(35-17-8-6-7-16(13-17)23(33)34)10-9-18(28-15)22-19(32(5)31-30-22)14-27-24-26-12-11-21(29-24)25(2,3)4/h9-12,16-17H,6-8,13-14H2,1-5H3,(H,33,34)(H,26,27,29)/t16-,17-/m0/s1. The Bertz CT molecular complexity index is 1200. The number of hydrogen-bond acceptors (Lipinski definition) is 8. The van der Waals surface area contributed by atoms with Crippen LogP contribution in [0.5, 0.6) is 5.75 Å². The number of aryl methyl sites for hydroxylation is 2. The maximum absolute atomic E-state index is 11.4. The molecule has 3 aromatic rings. The number of ether oxygens (including phenoxy) is 1. The molecule has 2 atom stereocenters. The number of carbonyl (C=O) groups is 1. The van der Waals surface area contributed by atoms with Gasteiger partial charge in [-0.3, -0.25) is 4.79 Å². The molecule has 3 aromatic heterocycles. The minimum atomic E-state index is -0.747. The van der Waals surface area contributed by atoms with Crippen LogP contribution in [0.1, 0.15) is 63.5 Å². The molecule has 0 aliphatic heterocycles. The Kier molecular flexibility index (Phi) is 7.00. The number of hydrogen-bond donors (Lipinski definition) is 2. The molecule has 0 unspecified atom stereocenters. The van der Waals surface area contributed by atoms with Crippen LogP contribution in [0.3, 0.4) is 0 Å². The van der Waals surface area contributed by atoms with E-state index in [0.29, 0.717) is 42.5 Å². The van der Waals surface area contributed by atoms with Gasteiger partial charge in [-0.05, 0) is 50.8 Å². The van der Waals surface area contributed by atoms with Crippen molar-refractivity contribution in [3.63, 3.8) is 0 Å². The Hall–Kier alpha value is -3.56. The Balaban J connectivity index is 1.49. The van der Waals surface area contributed by atoms with Gasteiger partial charge >= 0.3 is 5.97 Å². The number of rotatable bonds is 7. The second-order valence-electron chi connectivity index (χ2n) is 10.1. The van der Waals surface area contributed by atoms with Crippen LogP contribution in [0, 0.1) is 12.8 Å². The van der Waals surface area contributed by atoms with Gasteiger partial charge in [-0.15, -0.1) is 5.10 Å². The second-order valence-corrected chi connectivity index (χ2v) is 10.1. The van der Waals surface area contributed by atoms with Crippen molar-refractivity contribution in [2.45, 2.75) is 71.4 Å². The number of nitrogens with zero attached hydrogens (tertiary/aromatic N) is 6. The molecule has 0 amide bonds. The molecule has 35 heavy (non-hydrogen) atoms. The van der Waals surface area contributed by atoms with E-state index in [0.717, 1.165) is 29.9 Å². The van der Waals surface area contributed by atoms with Crippen LogP contribution in [-0.2, 0) is 23.8 Å². The smallest absolute Gasteiger partial charge is 0.306 e. The van der Waals surface area contributed by atoms with Gasteiger partial charge in [-0.2, -0.15) is 0 Å². The number of pyridine rings is 1. The molecule has 1 aliphatic carbocycles. The first-order chi connectivity index (χ1) is 16.6. The molecule has 186 valence electrons. The van der Waals surface area contributed by atoms with Gasteiger partial charge in [-0.25, -0.2) is 19.6 Å². The van der Waals surface area contributed by atoms with Crippen molar-refractivity contribution in [1.29, 1.82) is 0 Å². The molecule has 1 saturated carbocycles. The topological polar surface area (TPSA) is 128 Å². The van der Waals surface area contributed by atoms with E-state index in [1.807, 2.05) is 32.2 Å². The third kappa shape index (κ3) is 5.75. The summed E-state index contributed by atoms with van der Waals surface area (Å²) >= 11 is 0. The molecule has 1 aliphatic rings. The van der Waals surface area contributed by atoms with E-state index >= 15 is 0 Å². The molecular weight excluding hydrogens is 446 g/mol. The van der Waals surface area contributed by atoms with Crippen molar-refractivity contribution in [3.05, 3.63) is 41.5 Å². The average Bonchev–Trinajstić information content (AvgIpc) is 3.19. The molecular formula is C25H33N7O3. The summed E-state index contributed by atoms with van der Waals surface area (Å²) in [5.41, 5.74) is 3.83. The van der Waals surface area contributed by atoms with Crippen LogP contribution in [-0.4, -0.2) is 47.1 Å². The minimum absolute atomic E-state index is 0.0734. The van der Waals surface area contributed by atoms with Crippen LogP contribution in [0.25, 0.3) is 11.4 Å². The van der Waals surface area contributed by atoms with Crippen molar-refractivity contribution < 1.29 is 14.6 Å². The van der Waals surface area contributed by atoms with E-state index in [1.165, 1.54) is 0 Å². The second kappa shape index (κ2) is 9.97. The predicted octanol–water partition coefficient (Wildman–Crippen LogP) is 3.91. The number of anilines is 1. The molecule has 0 spiro atoms. The summed E-state index contributed by atoms with van der Waals surface area (Å²) in [4.78, 5) is 25.1. The van der Waals surface area contributed by atoms with Crippen LogP contribution < -0.4 is 10.1 Å². The number of carboxylic acid groups (broad SMARTS) is 1. The lowest BCUT2D eigenvalue weighted by atomic mass is 9.87. The lowest BCUT2D eigenvalue weighted by molar-refractivity contribution is -0.143. The van der Waals surface area contributed by atoms with Crippen molar-refractivity contribution in [3.8, 4) is 17.1 Å². The summed E-state index contributed by atoms with van der Waals surface area (Å²) in [7, 11) is 1.84. The van der Waals surface area contributed by atoms with Gasteiger partial charge < -0.3 is 15.2 Å². The van der Waals surface area contributed by atoms with E-state index in [-0.39, 0.29) is 17.4 Å². The quantitative estimate of drug-likeness (QED) is 0.518. The normalized spacial score (nSPS) is 18.3. The fraction of sp³-hybridized carbons (Fsp3) is 0.520. The largest absolute Gasteiger partial charge is 0.489 e. The lowest BCUT2D eigenvalue weighted by Gasteiger charge is -2.27. The molecule has 0 bridgehead atoms. The first-order valence-electron chi connectivity index (χ1n) is 11.9. The van der Waals surface area contributed by atoms with Crippen LogP contribution in [0.2, 0.25) is 0 Å². The van der Waals surface area contributed by atoms with Gasteiger partial charge in [0.1, 0.15) is 11.4 Å². The lowest BCUT2D eigenvalue weighted by Crippen LogP contribution is -2.29. The predicted molar refractivity (Wildman–Crippen MR) is 131 cm³/mol. The summed E-state index contributed by atoms with van der Waals surface area (Å²) in [6.45, 7) is 8.66. The highest BCUT2D eigenvalue weighted by Crippen LogP contribution is 2.30. The van der Waals surface area contributed by atoms with E-state index < -0.39 is 5.97 Å². The number of nitrogens with one attached hydrogen (secondary N) is 1. The third-order valence-electron chi connectivity index (χ3n) is 6.33. The number of aliphatic carboxylic acids is 1. The molecule has 3 heterocycles. The highest BCUT2D eigenvalue weighted by Gasteiger charge is 2.28. The van der Waals surface area contributed by atoms with Gasteiger partial charge in [-0.1, -0.05) is 26.0 Å². The van der Waals surface area contributed by atoms with Crippen molar-refractivity contribution in [1.82, 2.24) is 29.9 Å². The van der Waals surface area contributed by atoms with Crippen LogP contribution in [0.4, 0.5) is 5.95 Å². The maximum atomic E-state index is 11.4. The van der Waals surface area contributed by atoms with E-state index in [2.05, 4.69) is 46.4 Å². The maximum Gasteiger partial charge on any atom is 0.306 e. The Morgan fingerprint density at radius 3 is 2.74 bits per heavy atom. The molecule has 0 saturated heterocycles. The molecule has 2 N–H and O–H groups in total. The number of carboxylic acids is 1. The average molecular weight is 480 g/mol. The Morgan fingerprint density at radius 2 is 2.03 bits per heavy atom. The SMILES string of the molecule is Cc1nc(-c2nnn(C)c2CNc2nccc(C(C)(C)C)n2)ccc1O[C@H]1CCC[C@H](C(=O)O)C1. The number of aromatic nitrogens is 6. The van der Waals surface area contributed by atoms with Crippen molar-refractivity contribution in [2.24, 2.45) is 13.0 Å². The summed E-state index contributed by atoms with van der Waals surface area (Å²) in [6, 6.07) is 5.67. The van der Waals surface area contributed by atoms with E-state index in [1.54, 1.807) is 10.9 Å².